The summed E-state index contributed by atoms with van der Waals surface area (Å²) in [5, 5.41) is 3.69. The minimum absolute atomic E-state index is 0.632. The Balaban J connectivity index is 1.69. The Kier molecular flexibility index (Phi) is 3.45. The molecule has 2 fully saturated rings. The Morgan fingerprint density at radius 1 is 1.36 bits per heavy atom. The van der Waals surface area contributed by atoms with E-state index in [2.05, 4.69) is 12.2 Å². The maximum Gasteiger partial charge on any atom is 0.0619 e. The number of hydrogen-bond donors (Lipinski definition) is 1. The fraction of sp³-hybridized carbons (Fsp3) is 1.00. The van der Waals surface area contributed by atoms with Crippen molar-refractivity contribution >= 4 is 0 Å². The van der Waals surface area contributed by atoms with E-state index in [1.165, 1.54) is 45.1 Å². The van der Waals surface area contributed by atoms with E-state index in [-0.39, 0.29) is 0 Å². The summed E-state index contributed by atoms with van der Waals surface area (Å²) in [6.07, 6.45) is 8.19. The van der Waals surface area contributed by atoms with Crippen LogP contribution in [0.2, 0.25) is 0 Å². The van der Waals surface area contributed by atoms with Crippen molar-refractivity contribution in [1.29, 1.82) is 0 Å². The van der Waals surface area contributed by atoms with Crippen molar-refractivity contribution in [1.82, 2.24) is 5.32 Å². The smallest absolute Gasteiger partial charge is 0.0619 e. The SMILES string of the molecule is CCC1(CNC2CCCOC2)CCC1. The predicted molar refractivity (Wildman–Crippen MR) is 58.4 cm³/mol. The van der Waals surface area contributed by atoms with Crippen molar-refractivity contribution < 1.29 is 4.74 Å². The Labute approximate surface area is 87.4 Å². The fourth-order valence-corrected chi connectivity index (χ4v) is 2.59. The first kappa shape index (κ1) is 10.4. The molecule has 0 aromatic carbocycles. The van der Waals surface area contributed by atoms with E-state index in [0.29, 0.717) is 11.5 Å². The second-order valence-corrected chi connectivity index (χ2v) is 5.00. The van der Waals surface area contributed by atoms with Gasteiger partial charge in [0.05, 0.1) is 6.61 Å². The third kappa shape index (κ3) is 2.29. The van der Waals surface area contributed by atoms with Crippen LogP contribution in [-0.4, -0.2) is 25.8 Å². The second-order valence-electron chi connectivity index (χ2n) is 5.00. The molecule has 0 bridgehead atoms. The third-order valence-corrected chi connectivity index (χ3v) is 4.09. The molecule has 2 rings (SSSR count). The van der Waals surface area contributed by atoms with Gasteiger partial charge >= 0.3 is 0 Å². The third-order valence-electron chi connectivity index (χ3n) is 4.09. The molecule has 2 heteroatoms. The van der Waals surface area contributed by atoms with Crippen molar-refractivity contribution in [2.24, 2.45) is 5.41 Å². The van der Waals surface area contributed by atoms with Crippen molar-refractivity contribution in [2.45, 2.75) is 51.5 Å². The lowest BCUT2D eigenvalue weighted by molar-refractivity contribution is 0.0546. The van der Waals surface area contributed by atoms with Crippen LogP contribution in [0.3, 0.4) is 0 Å². The van der Waals surface area contributed by atoms with Crippen LogP contribution in [0.1, 0.15) is 45.4 Å². The van der Waals surface area contributed by atoms with Crippen LogP contribution in [0, 0.1) is 5.41 Å². The molecular weight excluding hydrogens is 174 g/mol. The van der Waals surface area contributed by atoms with E-state index in [0.717, 1.165) is 13.2 Å². The van der Waals surface area contributed by atoms with Gasteiger partial charge in [0, 0.05) is 19.2 Å². The van der Waals surface area contributed by atoms with Gasteiger partial charge in [-0.3, -0.25) is 0 Å². The predicted octanol–water partition coefficient (Wildman–Crippen LogP) is 2.34. The standard InChI is InChI=1S/C12H23NO/c1-2-12(6-4-7-12)10-13-11-5-3-8-14-9-11/h11,13H,2-10H2,1H3. The monoisotopic (exact) mass is 197 g/mol. The van der Waals surface area contributed by atoms with E-state index >= 15 is 0 Å². The summed E-state index contributed by atoms with van der Waals surface area (Å²) in [4.78, 5) is 0. The molecule has 1 saturated heterocycles. The van der Waals surface area contributed by atoms with E-state index in [4.69, 9.17) is 4.74 Å². The highest BCUT2D eigenvalue weighted by molar-refractivity contribution is 4.89. The van der Waals surface area contributed by atoms with Crippen molar-refractivity contribution in [3.63, 3.8) is 0 Å². The lowest BCUT2D eigenvalue weighted by Crippen LogP contribution is -2.46. The summed E-state index contributed by atoms with van der Waals surface area (Å²) in [6, 6.07) is 0.632. The van der Waals surface area contributed by atoms with Crippen LogP contribution >= 0.6 is 0 Å². The van der Waals surface area contributed by atoms with Gasteiger partial charge in [-0.05, 0) is 37.5 Å². The van der Waals surface area contributed by atoms with Gasteiger partial charge in [-0.15, -0.1) is 0 Å². The first-order valence-electron chi connectivity index (χ1n) is 6.16. The summed E-state index contributed by atoms with van der Waals surface area (Å²) in [5.41, 5.74) is 0.650. The molecule has 2 nitrogen and oxygen atoms in total. The van der Waals surface area contributed by atoms with Crippen LogP contribution in [0.25, 0.3) is 0 Å². The number of rotatable bonds is 4. The lowest BCUT2D eigenvalue weighted by Gasteiger charge is -2.42. The quantitative estimate of drug-likeness (QED) is 0.747. The number of nitrogens with one attached hydrogen (secondary N) is 1. The highest BCUT2D eigenvalue weighted by Gasteiger charge is 2.35. The zero-order chi connectivity index (χ0) is 9.86. The van der Waals surface area contributed by atoms with Crippen LogP contribution in [0.15, 0.2) is 0 Å². The van der Waals surface area contributed by atoms with Gasteiger partial charge in [0.15, 0.2) is 0 Å². The molecule has 0 amide bonds. The Bertz CT molecular complexity index is 166. The largest absolute Gasteiger partial charge is 0.380 e. The molecule has 1 aliphatic carbocycles. The number of hydrogen-bond acceptors (Lipinski definition) is 2. The highest BCUT2D eigenvalue weighted by atomic mass is 16.5. The molecule has 1 unspecified atom stereocenters. The molecule has 1 N–H and O–H groups in total. The van der Waals surface area contributed by atoms with Gasteiger partial charge in [-0.1, -0.05) is 13.3 Å². The maximum atomic E-state index is 5.47. The second kappa shape index (κ2) is 4.63. The van der Waals surface area contributed by atoms with Crippen molar-refractivity contribution in [3.05, 3.63) is 0 Å². The summed E-state index contributed by atoms with van der Waals surface area (Å²) in [6.45, 7) is 5.45. The molecule has 1 atom stereocenters. The molecule has 0 aromatic heterocycles. The summed E-state index contributed by atoms with van der Waals surface area (Å²) in [5.74, 6) is 0. The van der Waals surface area contributed by atoms with Gasteiger partial charge in [-0.25, -0.2) is 0 Å². The zero-order valence-electron chi connectivity index (χ0n) is 9.35. The molecule has 14 heavy (non-hydrogen) atoms. The molecule has 82 valence electrons. The normalized spacial score (nSPS) is 31.1. The van der Waals surface area contributed by atoms with Crippen molar-refractivity contribution in [2.75, 3.05) is 19.8 Å². The molecule has 1 heterocycles. The van der Waals surface area contributed by atoms with Crippen LogP contribution in [0.5, 0.6) is 0 Å². The summed E-state index contributed by atoms with van der Waals surface area (Å²) in [7, 11) is 0. The van der Waals surface area contributed by atoms with E-state index in [9.17, 15) is 0 Å². The summed E-state index contributed by atoms with van der Waals surface area (Å²) < 4.78 is 5.47. The molecular formula is C12H23NO. The molecule has 2 aliphatic rings. The molecule has 1 aliphatic heterocycles. The van der Waals surface area contributed by atoms with E-state index in [1.807, 2.05) is 0 Å². The molecule has 0 radical (unpaired) electrons. The van der Waals surface area contributed by atoms with E-state index in [1.54, 1.807) is 0 Å². The average Bonchev–Trinajstić information content (AvgIpc) is 2.19. The first-order chi connectivity index (χ1) is 6.85. The highest BCUT2D eigenvalue weighted by Crippen LogP contribution is 2.43. The van der Waals surface area contributed by atoms with Gasteiger partial charge in [-0.2, -0.15) is 0 Å². The van der Waals surface area contributed by atoms with Crippen molar-refractivity contribution in [3.8, 4) is 0 Å². The zero-order valence-corrected chi connectivity index (χ0v) is 9.35. The molecule has 1 saturated carbocycles. The van der Waals surface area contributed by atoms with Gasteiger partial charge in [0.1, 0.15) is 0 Å². The van der Waals surface area contributed by atoms with E-state index < -0.39 is 0 Å². The summed E-state index contributed by atoms with van der Waals surface area (Å²) >= 11 is 0. The number of ether oxygens (including phenoxy) is 1. The van der Waals surface area contributed by atoms with Crippen LogP contribution in [-0.2, 0) is 4.74 Å². The fourth-order valence-electron chi connectivity index (χ4n) is 2.59. The molecule has 0 aromatic rings. The van der Waals surface area contributed by atoms with Gasteiger partial charge < -0.3 is 10.1 Å². The average molecular weight is 197 g/mol. The Morgan fingerprint density at radius 3 is 2.71 bits per heavy atom. The molecule has 0 spiro atoms. The van der Waals surface area contributed by atoms with Gasteiger partial charge in [0.25, 0.3) is 0 Å². The maximum absolute atomic E-state index is 5.47. The Morgan fingerprint density at radius 2 is 2.21 bits per heavy atom. The minimum atomic E-state index is 0.632. The lowest BCUT2D eigenvalue weighted by atomic mass is 9.67. The minimum Gasteiger partial charge on any atom is -0.380 e. The first-order valence-corrected chi connectivity index (χ1v) is 6.16. The van der Waals surface area contributed by atoms with Crippen LogP contribution < -0.4 is 5.32 Å². The topological polar surface area (TPSA) is 21.3 Å². The van der Waals surface area contributed by atoms with Crippen LogP contribution in [0.4, 0.5) is 0 Å². The van der Waals surface area contributed by atoms with Gasteiger partial charge in [0.2, 0.25) is 0 Å². The Hall–Kier alpha value is -0.0800.